The second-order valence-corrected chi connectivity index (χ2v) is 7.08. The first-order chi connectivity index (χ1) is 14.3. The van der Waals surface area contributed by atoms with Gasteiger partial charge in [0.2, 0.25) is 0 Å². The maximum atomic E-state index is 4.85. The van der Waals surface area contributed by atoms with Crippen LogP contribution in [0.2, 0.25) is 0 Å². The van der Waals surface area contributed by atoms with Crippen LogP contribution >= 0.6 is 0 Å². The van der Waals surface area contributed by atoms with Crippen molar-refractivity contribution < 1.29 is 0 Å². The van der Waals surface area contributed by atoms with Crippen LogP contribution in [-0.2, 0) is 0 Å². The Hall–Kier alpha value is -3.39. The molecule has 0 saturated carbocycles. The molecule has 0 amide bonds. The van der Waals surface area contributed by atoms with Gasteiger partial charge in [-0.3, -0.25) is 0 Å². The van der Waals surface area contributed by atoms with E-state index < -0.39 is 0 Å². The maximum Gasteiger partial charge on any atom is 0.0715 e. The lowest BCUT2D eigenvalue weighted by Crippen LogP contribution is -2.21. The third-order valence-corrected chi connectivity index (χ3v) is 5.29. The fraction of sp³-hybridized carbons (Fsp3) is 0.148. The lowest BCUT2D eigenvalue weighted by molar-refractivity contribution is 0.866. The Bertz CT molecular complexity index is 1110. The number of benzene rings is 3. The van der Waals surface area contributed by atoms with Crippen LogP contribution < -0.4 is 4.90 Å². The van der Waals surface area contributed by atoms with Crippen molar-refractivity contribution in [2.45, 2.75) is 13.8 Å². The van der Waals surface area contributed by atoms with Gasteiger partial charge in [0.05, 0.1) is 11.2 Å². The Morgan fingerprint density at radius 2 is 1.45 bits per heavy atom. The van der Waals surface area contributed by atoms with Crippen LogP contribution in [0.3, 0.4) is 0 Å². The van der Waals surface area contributed by atoms with E-state index in [0.29, 0.717) is 0 Å². The molecule has 0 spiro atoms. The average molecular weight is 379 g/mol. The first-order valence-corrected chi connectivity index (χ1v) is 10.3. The van der Waals surface area contributed by atoms with Gasteiger partial charge in [0, 0.05) is 24.2 Å². The summed E-state index contributed by atoms with van der Waals surface area (Å²) >= 11 is 0. The fourth-order valence-corrected chi connectivity index (χ4v) is 3.70. The van der Waals surface area contributed by atoms with Gasteiger partial charge in [-0.25, -0.2) is 4.98 Å². The lowest BCUT2D eigenvalue weighted by atomic mass is 10.00. The molecule has 0 fully saturated rings. The van der Waals surface area contributed by atoms with Gasteiger partial charge in [0.15, 0.2) is 0 Å². The van der Waals surface area contributed by atoms with Crippen LogP contribution in [0.5, 0.6) is 0 Å². The maximum absolute atomic E-state index is 4.85. The topological polar surface area (TPSA) is 16.1 Å². The summed E-state index contributed by atoms with van der Waals surface area (Å²) in [5, 5.41) is 1.18. The summed E-state index contributed by atoms with van der Waals surface area (Å²) in [4.78, 5) is 7.21. The molecule has 0 aliphatic heterocycles. The van der Waals surface area contributed by atoms with E-state index in [-0.39, 0.29) is 0 Å². The molecule has 29 heavy (non-hydrogen) atoms. The minimum atomic E-state index is 0.968. The minimum absolute atomic E-state index is 0.968. The highest BCUT2D eigenvalue weighted by Gasteiger charge is 2.06. The van der Waals surface area contributed by atoms with E-state index in [9.17, 15) is 0 Å². The number of fused-ring (bicyclic) bond motifs is 1. The monoisotopic (exact) mass is 378 g/mol. The van der Waals surface area contributed by atoms with Crippen LogP contribution in [0, 0.1) is 0 Å². The summed E-state index contributed by atoms with van der Waals surface area (Å²) in [6, 6.07) is 29.8. The first-order valence-electron chi connectivity index (χ1n) is 10.3. The molecular weight excluding hydrogens is 352 g/mol. The molecular formula is C27H26N2. The predicted molar refractivity (Wildman–Crippen MR) is 126 cm³/mol. The van der Waals surface area contributed by atoms with Crippen molar-refractivity contribution in [2.24, 2.45) is 0 Å². The molecule has 2 heteroatoms. The first kappa shape index (κ1) is 18.9. The average Bonchev–Trinajstić information content (AvgIpc) is 2.79. The molecule has 2 nitrogen and oxygen atoms in total. The summed E-state index contributed by atoms with van der Waals surface area (Å²) in [6.45, 7) is 6.42. The van der Waals surface area contributed by atoms with Gasteiger partial charge >= 0.3 is 0 Å². The number of rotatable bonds is 6. The van der Waals surface area contributed by atoms with Crippen LogP contribution in [0.15, 0.2) is 84.9 Å². The zero-order chi connectivity index (χ0) is 20.1. The summed E-state index contributed by atoms with van der Waals surface area (Å²) in [5.41, 5.74) is 6.86. The number of aromatic nitrogens is 1. The number of pyridine rings is 1. The normalized spacial score (nSPS) is 11.2. The van der Waals surface area contributed by atoms with Gasteiger partial charge in [-0.15, -0.1) is 0 Å². The molecule has 0 radical (unpaired) electrons. The smallest absolute Gasteiger partial charge is 0.0715 e. The van der Waals surface area contributed by atoms with Crippen molar-refractivity contribution >= 4 is 28.7 Å². The van der Waals surface area contributed by atoms with E-state index in [4.69, 9.17) is 4.98 Å². The van der Waals surface area contributed by atoms with Gasteiger partial charge in [0.25, 0.3) is 0 Å². The summed E-state index contributed by atoms with van der Waals surface area (Å²) < 4.78 is 0. The van der Waals surface area contributed by atoms with Gasteiger partial charge in [-0.1, -0.05) is 66.7 Å². The molecule has 0 bridgehead atoms. The number of nitrogens with zero attached hydrogens (tertiary/aromatic N) is 2. The SMILES string of the molecule is CCN(CC)c1ccc(/C=C\c2cc(-c3ccccc3)c3ccccc3n2)cc1. The summed E-state index contributed by atoms with van der Waals surface area (Å²) in [5.74, 6) is 0. The molecule has 0 aliphatic carbocycles. The van der Waals surface area contributed by atoms with Crippen LogP contribution in [0.25, 0.3) is 34.2 Å². The Morgan fingerprint density at radius 3 is 2.17 bits per heavy atom. The Labute approximate surface area is 173 Å². The second-order valence-electron chi connectivity index (χ2n) is 7.08. The number of hydrogen-bond donors (Lipinski definition) is 0. The van der Waals surface area contributed by atoms with E-state index in [1.54, 1.807) is 0 Å². The summed E-state index contributed by atoms with van der Waals surface area (Å²) in [6.07, 6.45) is 4.24. The molecule has 144 valence electrons. The Kier molecular flexibility index (Phi) is 5.71. The third kappa shape index (κ3) is 4.22. The van der Waals surface area contributed by atoms with Crippen LogP contribution in [0.4, 0.5) is 5.69 Å². The molecule has 1 aromatic heterocycles. The second kappa shape index (κ2) is 8.74. The third-order valence-electron chi connectivity index (χ3n) is 5.29. The molecule has 0 unspecified atom stereocenters. The van der Waals surface area contributed by atoms with Crippen molar-refractivity contribution in [2.75, 3.05) is 18.0 Å². The van der Waals surface area contributed by atoms with E-state index in [1.807, 2.05) is 6.07 Å². The van der Waals surface area contributed by atoms with E-state index >= 15 is 0 Å². The molecule has 4 rings (SSSR count). The van der Waals surface area contributed by atoms with Crippen molar-refractivity contribution in [3.8, 4) is 11.1 Å². The van der Waals surface area contributed by atoms with Gasteiger partial charge in [-0.05, 0) is 60.9 Å². The van der Waals surface area contributed by atoms with Crippen LogP contribution in [-0.4, -0.2) is 18.1 Å². The largest absolute Gasteiger partial charge is 0.372 e. The number of hydrogen-bond acceptors (Lipinski definition) is 2. The van der Waals surface area contributed by atoms with E-state index in [2.05, 4.69) is 110 Å². The zero-order valence-corrected chi connectivity index (χ0v) is 17.0. The van der Waals surface area contributed by atoms with Gasteiger partial charge < -0.3 is 4.90 Å². The van der Waals surface area contributed by atoms with E-state index in [1.165, 1.54) is 27.8 Å². The molecule has 3 aromatic carbocycles. The fourth-order valence-electron chi connectivity index (χ4n) is 3.70. The van der Waals surface area contributed by atoms with Crippen molar-refractivity contribution in [1.29, 1.82) is 0 Å². The lowest BCUT2D eigenvalue weighted by Gasteiger charge is -2.20. The Morgan fingerprint density at radius 1 is 0.759 bits per heavy atom. The zero-order valence-electron chi connectivity index (χ0n) is 17.0. The highest BCUT2D eigenvalue weighted by Crippen LogP contribution is 2.29. The van der Waals surface area contributed by atoms with Crippen molar-refractivity contribution in [1.82, 2.24) is 4.98 Å². The number of para-hydroxylation sites is 1. The van der Waals surface area contributed by atoms with Crippen molar-refractivity contribution in [3.05, 3.63) is 96.2 Å². The number of anilines is 1. The minimum Gasteiger partial charge on any atom is -0.372 e. The molecule has 4 aromatic rings. The molecule has 0 N–H and O–H groups in total. The molecule has 0 atom stereocenters. The molecule has 1 heterocycles. The quantitative estimate of drug-likeness (QED) is 0.362. The van der Waals surface area contributed by atoms with Crippen molar-refractivity contribution in [3.63, 3.8) is 0 Å². The summed E-state index contributed by atoms with van der Waals surface area (Å²) in [7, 11) is 0. The van der Waals surface area contributed by atoms with Gasteiger partial charge in [-0.2, -0.15) is 0 Å². The van der Waals surface area contributed by atoms with Gasteiger partial charge in [0.1, 0.15) is 0 Å². The van der Waals surface area contributed by atoms with Crippen LogP contribution in [0.1, 0.15) is 25.1 Å². The van der Waals surface area contributed by atoms with E-state index in [0.717, 1.165) is 24.3 Å². The predicted octanol–water partition coefficient (Wildman–Crippen LogP) is 6.92. The molecule has 0 saturated heterocycles. The Balaban J connectivity index is 1.68. The highest BCUT2D eigenvalue weighted by atomic mass is 15.1. The standard InChI is InChI=1S/C27H26N2/c1-3-29(4-2)24-18-15-21(16-19-24)14-17-23-20-26(22-10-6-5-7-11-22)25-12-8-9-13-27(25)28-23/h5-20H,3-4H2,1-2H3/b17-14-. The molecule has 0 aliphatic rings. The highest BCUT2D eigenvalue weighted by molar-refractivity contribution is 5.95.